The van der Waals surface area contributed by atoms with E-state index in [0.29, 0.717) is 11.0 Å². The van der Waals surface area contributed by atoms with Gasteiger partial charge in [0, 0.05) is 24.7 Å². The molecule has 3 fully saturated rings. The quantitative estimate of drug-likeness (QED) is 0.840. The van der Waals surface area contributed by atoms with Crippen LogP contribution in [0.3, 0.4) is 0 Å². The summed E-state index contributed by atoms with van der Waals surface area (Å²) in [4.78, 5) is 16.5. The summed E-state index contributed by atoms with van der Waals surface area (Å²) in [6.45, 7) is 3.33. The third kappa shape index (κ3) is 2.52. The van der Waals surface area contributed by atoms with Crippen LogP contribution in [0.15, 0.2) is 17.6 Å². The number of fused-ring (bicyclic) bond motifs is 2. The molecule has 2 aromatic heterocycles. The molecule has 3 aliphatic heterocycles. The van der Waals surface area contributed by atoms with Gasteiger partial charge in [-0.3, -0.25) is 0 Å². The fraction of sp³-hybridized carbons (Fsp3) is 0.500. The first-order valence-corrected chi connectivity index (χ1v) is 8.15. The number of piperazine rings is 1. The third-order valence-electron chi connectivity index (χ3n) is 4.28. The molecular formula is C14H14F3N5S. The van der Waals surface area contributed by atoms with E-state index in [9.17, 15) is 13.2 Å². The highest BCUT2D eigenvalue weighted by molar-refractivity contribution is 7.13. The molecular weight excluding hydrogens is 327 g/mol. The lowest BCUT2D eigenvalue weighted by molar-refractivity contribution is -0.140. The molecule has 0 N–H and O–H groups in total. The van der Waals surface area contributed by atoms with Crippen molar-refractivity contribution in [2.45, 2.75) is 31.6 Å². The summed E-state index contributed by atoms with van der Waals surface area (Å²) in [6.07, 6.45) is -1.66. The second-order valence-electron chi connectivity index (χ2n) is 5.83. The van der Waals surface area contributed by atoms with Crippen molar-refractivity contribution in [2.24, 2.45) is 0 Å². The number of halogens is 3. The average Bonchev–Trinajstić information content (AvgIpc) is 2.96. The number of nitrogens with zero attached hydrogens (tertiary/aromatic N) is 5. The highest BCUT2D eigenvalue weighted by Gasteiger charge is 2.47. The fourth-order valence-electron chi connectivity index (χ4n) is 3.24. The van der Waals surface area contributed by atoms with Gasteiger partial charge in [0.1, 0.15) is 11.6 Å². The van der Waals surface area contributed by atoms with Gasteiger partial charge in [-0.1, -0.05) is 0 Å². The van der Waals surface area contributed by atoms with E-state index in [0.717, 1.165) is 42.0 Å². The van der Waals surface area contributed by atoms with E-state index in [1.165, 1.54) is 0 Å². The summed E-state index contributed by atoms with van der Waals surface area (Å²) in [5, 5.41) is 1.56. The number of anilines is 2. The number of alkyl halides is 3. The third-order valence-corrected chi connectivity index (χ3v) is 5.14. The van der Waals surface area contributed by atoms with Crippen LogP contribution in [-0.4, -0.2) is 40.1 Å². The Labute approximate surface area is 134 Å². The first-order chi connectivity index (χ1) is 10.9. The van der Waals surface area contributed by atoms with E-state index in [2.05, 4.69) is 19.9 Å². The SMILES string of the molecule is Cc1nccc(N2CC3CC(C2)N3c2nc(C(F)(F)F)cs2)n1. The van der Waals surface area contributed by atoms with Crippen LogP contribution in [0, 0.1) is 6.92 Å². The van der Waals surface area contributed by atoms with Gasteiger partial charge in [0.2, 0.25) is 0 Å². The van der Waals surface area contributed by atoms with Gasteiger partial charge in [-0.25, -0.2) is 15.0 Å². The molecule has 122 valence electrons. The van der Waals surface area contributed by atoms with Crippen LogP contribution in [-0.2, 0) is 6.18 Å². The molecule has 2 bridgehead atoms. The van der Waals surface area contributed by atoms with Gasteiger partial charge < -0.3 is 9.80 Å². The minimum Gasteiger partial charge on any atom is -0.352 e. The summed E-state index contributed by atoms with van der Waals surface area (Å²) >= 11 is 1.07. The highest BCUT2D eigenvalue weighted by Crippen LogP contribution is 2.41. The lowest BCUT2D eigenvalue weighted by atomic mass is 9.88. The summed E-state index contributed by atoms with van der Waals surface area (Å²) in [5.41, 5.74) is -0.800. The van der Waals surface area contributed by atoms with E-state index in [1.807, 2.05) is 17.9 Å². The zero-order valence-electron chi connectivity index (χ0n) is 12.3. The molecule has 3 saturated heterocycles. The van der Waals surface area contributed by atoms with Gasteiger partial charge in [0.25, 0.3) is 0 Å². The number of aryl methyl sites for hydroxylation is 1. The molecule has 5 rings (SSSR count). The Morgan fingerprint density at radius 1 is 1.22 bits per heavy atom. The molecule has 0 radical (unpaired) electrons. The Kier molecular flexibility index (Phi) is 3.22. The molecule has 2 unspecified atom stereocenters. The Morgan fingerprint density at radius 3 is 2.57 bits per heavy atom. The molecule has 0 aliphatic carbocycles. The Balaban J connectivity index is 1.51. The van der Waals surface area contributed by atoms with Crippen LogP contribution in [0.25, 0.3) is 0 Å². The largest absolute Gasteiger partial charge is 0.434 e. The molecule has 2 atom stereocenters. The van der Waals surface area contributed by atoms with Crippen molar-refractivity contribution in [3.05, 3.63) is 29.2 Å². The molecule has 0 spiro atoms. The number of hydrogen-bond acceptors (Lipinski definition) is 6. The van der Waals surface area contributed by atoms with E-state index in [-0.39, 0.29) is 12.1 Å². The van der Waals surface area contributed by atoms with Crippen molar-refractivity contribution in [3.8, 4) is 0 Å². The second kappa shape index (κ2) is 5.05. The van der Waals surface area contributed by atoms with Gasteiger partial charge in [0.05, 0.1) is 12.1 Å². The summed E-state index contributed by atoms with van der Waals surface area (Å²) < 4.78 is 38.1. The summed E-state index contributed by atoms with van der Waals surface area (Å²) in [5.74, 6) is 1.59. The topological polar surface area (TPSA) is 45.2 Å². The summed E-state index contributed by atoms with van der Waals surface area (Å²) in [7, 11) is 0. The van der Waals surface area contributed by atoms with E-state index < -0.39 is 11.9 Å². The lowest BCUT2D eigenvalue weighted by Crippen LogP contribution is -2.69. The van der Waals surface area contributed by atoms with Crippen LogP contribution in [0.2, 0.25) is 0 Å². The maximum atomic E-state index is 12.7. The fourth-order valence-corrected chi connectivity index (χ4v) is 4.22. The number of thiazole rings is 1. The van der Waals surface area contributed by atoms with Crippen LogP contribution in [0.5, 0.6) is 0 Å². The van der Waals surface area contributed by atoms with Crippen molar-refractivity contribution in [1.82, 2.24) is 15.0 Å². The zero-order valence-corrected chi connectivity index (χ0v) is 13.1. The van der Waals surface area contributed by atoms with Crippen molar-refractivity contribution >= 4 is 22.3 Å². The monoisotopic (exact) mass is 341 g/mol. The van der Waals surface area contributed by atoms with Crippen LogP contribution in [0.4, 0.5) is 24.1 Å². The average molecular weight is 341 g/mol. The first kappa shape index (κ1) is 14.7. The maximum absolute atomic E-state index is 12.7. The number of hydrogen-bond donors (Lipinski definition) is 0. The van der Waals surface area contributed by atoms with Gasteiger partial charge in [-0.05, 0) is 19.4 Å². The normalized spacial score (nSPS) is 23.8. The Bertz CT molecular complexity index is 719. The zero-order chi connectivity index (χ0) is 16.2. The van der Waals surface area contributed by atoms with E-state index in [4.69, 9.17) is 0 Å². The van der Waals surface area contributed by atoms with Gasteiger partial charge >= 0.3 is 6.18 Å². The van der Waals surface area contributed by atoms with Gasteiger partial charge in [-0.2, -0.15) is 13.2 Å². The van der Waals surface area contributed by atoms with Gasteiger partial charge in [-0.15, -0.1) is 11.3 Å². The van der Waals surface area contributed by atoms with E-state index >= 15 is 0 Å². The molecule has 0 saturated carbocycles. The van der Waals surface area contributed by atoms with E-state index in [1.54, 1.807) is 6.20 Å². The van der Waals surface area contributed by atoms with Crippen LogP contribution >= 0.6 is 11.3 Å². The standard InChI is InChI=1S/C14H14F3N5S/c1-8-18-3-2-12(19-8)21-5-9-4-10(6-21)22(9)13-20-11(7-23-13)14(15,16)17/h2-3,7,9-10H,4-6H2,1H3. The van der Waals surface area contributed by atoms with Crippen LogP contribution < -0.4 is 9.80 Å². The summed E-state index contributed by atoms with van der Waals surface area (Å²) in [6, 6.07) is 2.25. The first-order valence-electron chi connectivity index (χ1n) is 7.27. The maximum Gasteiger partial charge on any atom is 0.434 e. The van der Waals surface area contributed by atoms with Crippen molar-refractivity contribution in [2.75, 3.05) is 22.9 Å². The minimum absolute atomic E-state index is 0.191. The number of aromatic nitrogens is 3. The van der Waals surface area contributed by atoms with Gasteiger partial charge in [0.15, 0.2) is 10.8 Å². The predicted octanol–water partition coefficient (Wildman–Crippen LogP) is 2.73. The van der Waals surface area contributed by atoms with Crippen molar-refractivity contribution in [1.29, 1.82) is 0 Å². The Morgan fingerprint density at radius 2 is 1.96 bits per heavy atom. The van der Waals surface area contributed by atoms with Crippen LogP contribution in [0.1, 0.15) is 17.9 Å². The lowest BCUT2D eigenvalue weighted by Gasteiger charge is -2.56. The number of piperidine rings is 1. The second-order valence-corrected chi connectivity index (χ2v) is 6.67. The molecule has 23 heavy (non-hydrogen) atoms. The molecule has 5 nitrogen and oxygen atoms in total. The van der Waals surface area contributed by atoms with Crippen molar-refractivity contribution < 1.29 is 13.2 Å². The Hall–Kier alpha value is -1.90. The molecule has 9 heteroatoms. The molecule has 0 amide bonds. The molecule has 0 aromatic carbocycles. The minimum atomic E-state index is -4.38. The predicted molar refractivity (Wildman–Crippen MR) is 80.8 cm³/mol. The van der Waals surface area contributed by atoms with Crippen molar-refractivity contribution in [3.63, 3.8) is 0 Å². The smallest absolute Gasteiger partial charge is 0.352 e. The highest BCUT2D eigenvalue weighted by atomic mass is 32.1. The molecule has 2 aromatic rings. The molecule has 5 heterocycles. The number of rotatable bonds is 2. The molecule has 3 aliphatic rings.